The summed E-state index contributed by atoms with van der Waals surface area (Å²) in [5, 5.41) is 0. The highest BCUT2D eigenvalue weighted by Crippen LogP contribution is 2.23. The first-order valence-electron chi connectivity index (χ1n) is 6.03. The number of ether oxygens (including phenoxy) is 2. The van der Waals surface area contributed by atoms with Crippen molar-refractivity contribution in [2.75, 3.05) is 13.2 Å². The minimum Gasteiger partial charge on any atom is -0.346 e. The molecule has 0 atom stereocenters. The van der Waals surface area contributed by atoms with E-state index in [1.807, 2.05) is 38.1 Å². The summed E-state index contributed by atoms with van der Waals surface area (Å²) in [6.07, 6.45) is 0.333. The third kappa shape index (κ3) is 3.14. The zero-order valence-corrected chi connectivity index (χ0v) is 10.3. The van der Waals surface area contributed by atoms with Crippen LogP contribution in [0.15, 0.2) is 24.3 Å². The number of carbonyl (C=O) groups is 1. The SMILES string of the molecule is CC(C)CC(=O)c1ccc(C2OCCO2)cc1. The lowest BCUT2D eigenvalue weighted by Crippen LogP contribution is -2.04. The van der Waals surface area contributed by atoms with E-state index in [4.69, 9.17) is 9.47 Å². The second-order valence-electron chi connectivity index (χ2n) is 4.72. The van der Waals surface area contributed by atoms with Crippen LogP contribution in [0.25, 0.3) is 0 Å². The van der Waals surface area contributed by atoms with Crippen LogP contribution in [0.3, 0.4) is 0 Å². The van der Waals surface area contributed by atoms with Gasteiger partial charge in [0.15, 0.2) is 12.1 Å². The number of carbonyl (C=O) groups excluding carboxylic acids is 1. The predicted octanol–water partition coefficient (Wildman–Crippen LogP) is 2.96. The number of hydrogen-bond acceptors (Lipinski definition) is 3. The molecule has 3 nitrogen and oxygen atoms in total. The van der Waals surface area contributed by atoms with Crippen molar-refractivity contribution in [3.05, 3.63) is 35.4 Å². The summed E-state index contributed by atoms with van der Waals surface area (Å²) in [6.45, 7) is 5.37. The van der Waals surface area contributed by atoms with E-state index in [2.05, 4.69) is 0 Å². The van der Waals surface area contributed by atoms with Gasteiger partial charge in [-0.2, -0.15) is 0 Å². The molecule has 0 unspecified atom stereocenters. The number of benzene rings is 1. The van der Waals surface area contributed by atoms with Crippen LogP contribution < -0.4 is 0 Å². The van der Waals surface area contributed by atoms with Gasteiger partial charge in [0.2, 0.25) is 0 Å². The predicted molar refractivity (Wildman–Crippen MR) is 64.9 cm³/mol. The quantitative estimate of drug-likeness (QED) is 0.751. The van der Waals surface area contributed by atoms with Crippen LogP contribution in [0, 0.1) is 5.92 Å². The zero-order valence-electron chi connectivity index (χ0n) is 10.3. The maximum Gasteiger partial charge on any atom is 0.184 e. The Kier molecular flexibility index (Phi) is 3.92. The van der Waals surface area contributed by atoms with Gasteiger partial charge in [0, 0.05) is 17.5 Å². The van der Waals surface area contributed by atoms with Crippen LogP contribution in [0.5, 0.6) is 0 Å². The highest BCUT2D eigenvalue weighted by molar-refractivity contribution is 5.96. The molecule has 17 heavy (non-hydrogen) atoms. The third-order valence-electron chi connectivity index (χ3n) is 2.72. The summed E-state index contributed by atoms with van der Waals surface area (Å²) in [7, 11) is 0. The molecule has 1 fully saturated rings. The van der Waals surface area contributed by atoms with Gasteiger partial charge in [-0.15, -0.1) is 0 Å². The Morgan fingerprint density at radius 2 is 1.82 bits per heavy atom. The van der Waals surface area contributed by atoms with Gasteiger partial charge in [-0.3, -0.25) is 4.79 Å². The average molecular weight is 234 g/mol. The first-order valence-corrected chi connectivity index (χ1v) is 6.03. The fraction of sp³-hybridized carbons (Fsp3) is 0.500. The number of Topliss-reactive ketones (excluding diaryl/α,β-unsaturated/α-hetero) is 1. The molecule has 1 heterocycles. The molecule has 2 rings (SSSR count). The Bertz CT molecular complexity index is 375. The molecule has 0 bridgehead atoms. The fourth-order valence-electron chi connectivity index (χ4n) is 1.87. The molecule has 0 amide bonds. The molecule has 1 aliphatic rings. The van der Waals surface area contributed by atoms with Gasteiger partial charge in [0.1, 0.15) is 0 Å². The monoisotopic (exact) mass is 234 g/mol. The summed E-state index contributed by atoms with van der Waals surface area (Å²) < 4.78 is 10.8. The smallest absolute Gasteiger partial charge is 0.184 e. The molecule has 0 spiro atoms. The van der Waals surface area contributed by atoms with Gasteiger partial charge in [-0.1, -0.05) is 38.1 Å². The lowest BCUT2D eigenvalue weighted by molar-refractivity contribution is -0.0441. The first kappa shape index (κ1) is 12.3. The van der Waals surface area contributed by atoms with Crippen LogP contribution in [0.2, 0.25) is 0 Å². The van der Waals surface area contributed by atoms with Crippen molar-refractivity contribution in [2.45, 2.75) is 26.6 Å². The normalized spacial score (nSPS) is 16.6. The molecule has 92 valence electrons. The largest absolute Gasteiger partial charge is 0.346 e. The third-order valence-corrected chi connectivity index (χ3v) is 2.72. The number of rotatable bonds is 4. The Balaban J connectivity index is 2.04. The van der Waals surface area contributed by atoms with E-state index in [1.165, 1.54) is 0 Å². The zero-order chi connectivity index (χ0) is 12.3. The molecule has 3 heteroatoms. The van der Waals surface area contributed by atoms with Crippen LogP contribution in [-0.4, -0.2) is 19.0 Å². The molecule has 0 N–H and O–H groups in total. The van der Waals surface area contributed by atoms with Crippen LogP contribution in [0.4, 0.5) is 0 Å². The van der Waals surface area contributed by atoms with Crippen molar-refractivity contribution in [3.8, 4) is 0 Å². The van der Waals surface area contributed by atoms with Crippen molar-refractivity contribution in [2.24, 2.45) is 5.92 Å². The van der Waals surface area contributed by atoms with E-state index < -0.39 is 0 Å². The summed E-state index contributed by atoms with van der Waals surface area (Å²) >= 11 is 0. The summed E-state index contributed by atoms with van der Waals surface area (Å²) in [5.74, 6) is 0.587. The van der Waals surface area contributed by atoms with E-state index in [0.29, 0.717) is 25.6 Å². The number of ketones is 1. The van der Waals surface area contributed by atoms with E-state index in [-0.39, 0.29) is 12.1 Å². The Morgan fingerprint density at radius 3 is 2.35 bits per heavy atom. The second kappa shape index (κ2) is 5.43. The maximum absolute atomic E-state index is 11.8. The van der Waals surface area contributed by atoms with Gasteiger partial charge in [-0.25, -0.2) is 0 Å². The highest BCUT2D eigenvalue weighted by Gasteiger charge is 2.18. The lowest BCUT2D eigenvalue weighted by atomic mass is 10.0. The van der Waals surface area contributed by atoms with Crippen molar-refractivity contribution >= 4 is 5.78 Å². The van der Waals surface area contributed by atoms with E-state index >= 15 is 0 Å². The Labute approximate surface area is 102 Å². The standard InChI is InChI=1S/C14H18O3/c1-10(2)9-13(15)11-3-5-12(6-4-11)14-16-7-8-17-14/h3-6,10,14H,7-9H2,1-2H3. The van der Waals surface area contributed by atoms with Crippen LogP contribution in [0.1, 0.15) is 42.5 Å². The maximum atomic E-state index is 11.8. The molecule has 0 radical (unpaired) electrons. The molecule has 1 aromatic rings. The fourth-order valence-corrected chi connectivity index (χ4v) is 1.87. The topological polar surface area (TPSA) is 35.5 Å². The first-order chi connectivity index (χ1) is 8.16. The van der Waals surface area contributed by atoms with E-state index in [0.717, 1.165) is 11.1 Å². The molecule has 0 saturated carbocycles. The second-order valence-corrected chi connectivity index (χ2v) is 4.72. The molecule has 0 aliphatic carbocycles. The van der Waals surface area contributed by atoms with Gasteiger partial charge in [0.25, 0.3) is 0 Å². The van der Waals surface area contributed by atoms with Crippen LogP contribution in [-0.2, 0) is 9.47 Å². The molecule has 0 aromatic heterocycles. The van der Waals surface area contributed by atoms with Gasteiger partial charge >= 0.3 is 0 Å². The minimum absolute atomic E-state index is 0.194. The Hall–Kier alpha value is -1.19. The summed E-state index contributed by atoms with van der Waals surface area (Å²) in [5.41, 5.74) is 1.74. The average Bonchev–Trinajstić information content (AvgIpc) is 2.82. The highest BCUT2D eigenvalue weighted by atomic mass is 16.7. The van der Waals surface area contributed by atoms with Crippen molar-refractivity contribution in [1.29, 1.82) is 0 Å². The molecular formula is C14H18O3. The molecule has 1 saturated heterocycles. The van der Waals surface area contributed by atoms with Gasteiger partial charge in [-0.05, 0) is 5.92 Å². The van der Waals surface area contributed by atoms with E-state index in [1.54, 1.807) is 0 Å². The van der Waals surface area contributed by atoms with E-state index in [9.17, 15) is 4.79 Å². The van der Waals surface area contributed by atoms with Crippen molar-refractivity contribution in [1.82, 2.24) is 0 Å². The van der Waals surface area contributed by atoms with Crippen LogP contribution >= 0.6 is 0 Å². The lowest BCUT2D eigenvalue weighted by Gasteiger charge is -2.10. The summed E-state index contributed by atoms with van der Waals surface area (Å²) in [4.78, 5) is 11.8. The van der Waals surface area contributed by atoms with Gasteiger partial charge < -0.3 is 9.47 Å². The van der Waals surface area contributed by atoms with Crippen molar-refractivity contribution < 1.29 is 14.3 Å². The summed E-state index contributed by atoms with van der Waals surface area (Å²) in [6, 6.07) is 7.52. The molecule has 1 aromatic carbocycles. The molecular weight excluding hydrogens is 216 g/mol. The molecule has 1 aliphatic heterocycles. The number of hydrogen-bond donors (Lipinski definition) is 0. The Morgan fingerprint density at radius 1 is 1.24 bits per heavy atom. The minimum atomic E-state index is -0.260. The van der Waals surface area contributed by atoms with Gasteiger partial charge in [0.05, 0.1) is 13.2 Å². The van der Waals surface area contributed by atoms with Crippen molar-refractivity contribution in [3.63, 3.8) is 0 Å².